The number of anilines is 2. The van der Waals surface area contributed by atoms with Gasteiger partial charge in [0.15, 0.2) is 0 Å². The van der Waals surface area contributed by atoms with E-state index in [9.17, 15) is 18.9 Å². The zero-order valence-electron chi connectivity index (χ0n) is 24.7. The Labute approximate surface area is 249 Å². The highest BCUT2D eigenvalue weighted by atomic mass is 32.2. The lowest BCUT2D eigenvalue weighted by atomic mass is 10.0. The van der Waals surface area contributed by atoms with E-state index < -0.39 is 10.0 Å². The van der Waals surface area contributed by atoms with E-state index in [-0.39, 0.29) is 12.1 Å². The lowest BCUT2D eigenvalue weighted by molar-refractivity contribution is 0.180. The molecule has 2 aromatic carbocycles. The van der Waals surface area contributed by atoms with E-state index in [1.165, 1.54) is 0 Å². The molecule has 9 nitrogen and oxygen atoms in total. The molecule has 0 N–H and O–H groups in total. The number of hydrogen-bond donors (Lipinski definition) is 0. The van der Waals surface area contributed by atoms with E-state index in [1.54, 1.807) is 22.6 Å². The van der Waals surface area contributed by atoms with Crippen LogP contribution in [0.15, 0.2) is 59.6 Å². The summed E-state index contributed by atoms with van der Waals surface area (Å²) < 4.78 is 29.7. The normalized spacial score (nSPS) is 20.2. The molecule has 2 aliphatic heterocycles. The molecule has 3 heterocycles. The summed E-state index contributed by atoms with van der Waals surface area (Å²) in [6.07, 6.45) is 1.66. The third-order valence-electron chi connectivity index (χ3n) is 8.50. The van der Waals surface area contributed by atoms with Gasteiger partial charge in [0.1, 0.15) is 18.0 Å². The van der Waals surface area contributed by atoms with Crippen LogP contribution in [0.5, 0.6) is 0 Å². The molecule has 3 aromatic rings. The molecular weight excluding hydrogens is 546 g/mol. The van der Waals surface area contributed by atoms with Crippen molar-refractivity contribution in [2.75, 3.05) is 49.1 Å². The summed E-state index contributed by atoms with van der Waals surface area (Å²) in [5.41, 5.74) is 4.97. The molecule has 5 rings (SSSR count). The Morgan fingerprint density at radius 1 is 0.857 bits per heavy atom. The molecule has 0 spiro atoms. The fourth-order valence-corrected chi connectivity index (χ4v) is 8.06. The maximum Gasteiger partial charge on any atom is 0.243 e. The zero-order chi connectivity index (χ0) is 30.0. The number of rotatable bonds is 6. The second kappa shape index (κ2) is 12.1. The van der Waals surface area contributed by atoms with Crippen molar-refractivity contribution >= 4 is 21.5 Å². The van der Waals surface area contributed by atoms with Gasteiger partial charge in [0.25, 0.3) is 0 Å². The number of piperazine rings is 2. The molecule has 2 atom stereocenters. The number of aromatic nitrogens is 1. The molecule has 0 saturated carbocycles. The smallest absolute Gasteiger partial charge is 0.243 e. The first-order chi connectivity index (χ1) is 20.1. The number of nitrogens with zero attached hydrogens (tertiary/aromatic N) is 7. The zero-order valence-corrected chi connectivity index (χ0v) is 25.5. The van der Waals surface area contributed by atoms with Crippen molar-refractivity contribution < 1.29 is 8.42 Å². The highest BCUT2D eigenvalue weighted by Crippen LogP contribution is 2.30. The van der Waals surface area contributed by atoms with Crippen molar-refractivity contribution in [2.24, 2.45) is 0 Å². The van der Waals surface area contributed by atoms with Gasteiger partial charge in [-0.1, -0.05) is 18.2 Å². The molecule has 0 radical (unpaired) electrons. The van der Waals surface area contributed by atoms with Crippen LogP contribution in [0.2, 0.25) is 0 Å². The summed E-state index contributed by atoms with van der Waals surface area (Å²) in [5, 5.41) is 19.1. The summed E-state index contributed by atoms with van der Waals surface area (Å²) in [6, 6.07) is 19.5. The topological polar surface area (TPSA) is 108 Å². The summed E-state index contributed by atoms with van der Waals surface area (Å²) in [4.78, 5) is 11.4. The molecule has 0 amide bonds. The second-order valence-electron chi connectivity index (χ2n) is 11.3. The van der Waals surface area contributed by atoms with Crippen LogP contribution in [0, 0.1) is 36.5 Å². The van der Waals surface area contributed by atoms with Gasteiger partial charge in [-0.05, 0) is 74.7 Å². The summed E-state index contributed by atoms with van der Waals surface area (Å²) in [5.74, 6) is 0.600. The van der Waals surface area contributed by atoms with E-state index in [0.29, 0.717) is 48.0 Å². The van der Waals surface area contributed by atoms with E-state index in [2.05, 4.69) is 33.8 Å². The minimum Gasteiger partial charge on any atom is -0.368 e. The molecule has 10 heteroatoms. The predicted molar refractivity (Wildman–Crippen MR) is 164 cm³/mol. The molecule has 0 aliphatic carbocycles. The Bertz CT molecular complexity index is 1660. The number of benzene rings is 2. The first-order valence-corrected chi connectivity index (χ1v) is 15.8. The minimum absolute atomic E-state index is 0.226. The highest BCUT2D eigenvalue weighted by Gasteiger charge is 2.36. The molecule has 0 unspecified atom stereocenters. The van der Waals surface area contributed by atoms with Gasteiger partial charge in [-0.15, -0.1) is 0 Å². The van der Waals surface area contributed by atoms with Gasteiger partial charge in [0.2, 0.25) is 10.0 Å². The summed E-state index contributed by atoms with van der Waals surface area (Å²) in [6.45, 7) is 12.3. The van der Waals surface area contributed by atoms with Gasteiger partial charge in [0.05, 0.1) is 21.7 Å². The molecule has 42 heavy (non-hydrogen) atoms. The van der Waals surface area contributed by atoms with Crippen LogP contribution in [-0.2, 0) is 16.6 Å². The van der Waals surface area contributed by atoms with Gasteiger partial charge in [0, 0.05) is 64.1 Å². The van der Waals surface area contributed by atoms with Gasteiger partial charge in [-0.25, -0.2) is 13.4 Å². The third kappa shape index (κ3) is 5.71. The number of pyridine rings is 1. The van der Waals surface area contributed by atoms with E-state index in [1.807, 2.05) is 62.1 Å². The van der Waals surface area contributed by atoms with Crippen LogP contribution >= 0.6 is 0 Å². The van der Waals surface area contributed by atoms with Crippen LogP contribution < -0.4 is 9.80 Å². The molecule has 218 valence electrons. The maximum absolute atomic E-state index is 14.1. The summed E-state index contributed by atoms with van der Waals surface area (Å²) >= 11 is 0. The monoisotopic (exact) mass is 583 g/mol. The number of sulfonamides is 1. The molecule has 0 bridgehead atoms. The van der Waals surface area contributed by atoms with Crippen LogP contribution in [-0.4, -0.2) is 74.0 Å². The third-order valence-corrected chi connectivity index (χ3v) is 10.7. The Balaban J connectivity index is 1.32. The predicted octanol–water partition coefficient (Wildman–Crippen LogP) is 4.05. The van der Waals surface area contributed by atoms with Gasteiger partial charge < -0.3 is 9.80 Å². The van der Waals surface area contributed by atoms with E-state index in [0.717, 1.165) is 42.0 Å². The first-order valence-electron chi connectivity index (χ1n) is 14.3. The lowest BCUT2D eigenvalue weighted by Crippen LogP contribution is -2.54. The Hall–Kier alpha value is -3.96. The molecule has 1 aromatic heterocycles. The van der Waals surface area contributed by atoms with Crippen molar-refractivity contribution in [3.8, 4) is 12.1 Å². The Kier molecular flexibility index (Phi) is 8.51. The number of hydrogen-bond acceptors (Lipinski definition) is 8. The van der Waals surface area contributed by atoms with Crippen LogP contribution in [0.1, 0.15) is 41.7 Å². The average Bonchev–Trinajstić information content (AvgIpc) is 2.98. The van der Waals surface area contributed by atoms with Gasteiger partial charge in [-0.2, -0.15) is 14.8 Å². The largest absolute Gasteiger partial charge is 0.368 e. The molecular formula is C32H37N7O2S. The Morgan fingerprint density at radius 2 is 1.55 bits per heavy atom. The Morgan fingerprint density at radius 3 is 2.26 bits per heavy atom. The van der Waals surface area contributed by atoms with Crippen molar-refractivity contribution in [3.05, 3.63) is 82.5 Å². The average molecular weight is 584 g/mol. The van der Waals surface area contributed by atoms with Crippen molar-refractivity contribution in [3.63, 3.8) is 0 Å². The standard InChI is InChI=1S/C32H37N7O2S/c1-23-16-24(2)31(42(40,41)39-15-14-38(21-26(39)4)32-28(19-34)9-7-11-35-32)17-29(23)22-36-12-13-37(20-25(36)3)30-10-6-5-8-27(30)18-33/h5-11,16-17,25-26H,12-15,20-22H2,1-4H3/t25-,26-/m0/s1. The SMILES string of the molecule is Cc1cc(C)c(S(=O)(=O)N2CCN(c3ncccc3C#N)C[C@@H]2C)cc1CN1CCN(c2ccccc2C#N)C[C@@H]1C. The number of nitriles is 2. The number of aryl methyl sites for hydroxylation is 2. The second-order valence-corrected chi connectivity index (χ2v) is 13.2. The fourth-order valence-electron chi connectivity index (χ4n) is 6.19. The maximum atomic E-state index is 14.1. The van der Waals surface area contributed by atoms with Crippen LogP contribution in [0.4, 0.5) is 11.5 Å². The van der Waals surface area contributed by atoms with Crippen molar-refractivity contribution in [1.29, 1.82) is 10.5 Å². The minimum atomic E-state index is -3.75. The van der Waals surface area contributed by atoms with Crippen molar-refractivity contribution in [1.82, 2.24) is 14.2 Å². The fraction of sp³-hybridized carbons (Fsp3) is 0.406. The quantitative estimate of drug-likeness (QED) is 0.428. The number of para-hydroxylation sites is 1. The first kappa shape index (κ1) is 29.5. The van der Waals surface area contributed by atoms with Crippen molar-refractivity contribution in [2.45, 2.75) is 51.2 Å². The molecule has 2 saturated heterocycles. The van der Waals surface area contributed by atoms with Gasteiger partial charge in [-0.3, -0.25) is 4.90 Å². The highest BCUT2D eigenvalue weighted by molar-refractivity contribution is 7.89. The van der Waals surface area contributed by atoms with Crippen LogP contribution in [0.3, 0.4) is 0 Å². The van der Waals surface area contributed by atoms with Gasteiger partial charge >= 0.3 is 0 Å². The van der Waals surface area contributed by atoms with Crippen LogP contribution in [0.25, 0.3) is 0 Å². The van der Waals surface area contributed by atoms with E-state index >= 15 is 0 Å². The summed E-state index contributed by atoms with van der Waals surface area (Å²) in [7, 11) is -3.75. The molecule has 2 aliphatic rings. The van der Waals surface area contributed by atoms with E-state index in [4.69, 9.17) is 0 Å². The lowest BCUT2D eigenvalue weighted by Gasteiger charge is -2.41. The molecule has 2 fully saturated rings.